The van der Waals surface area contributed by atoms with Gasteiger partial charge < -0.3 is 20.1 Å². The van der Waals surface area contributed by atoms with Gasteiger partial charge in [0.25, 0.3) is 0 Å². The monoisotopic (exact) mass is 348 g/mol. The molecule has 1 aromatic rings. The summed E-state index contributed by atoms with van der Waals surface area (Å²) in [5, 5.41) is 5.13. The van der Waals surface area contributed by atoms with E-state index in [4.69, 9.17) is 4.74 Å². The van der Waals surface area contributed by atoms with Crippen molar-refractivity contribution in [3.05, 3.63) is 29.8 Å². The molecule has 0 aliphatic carbocycles. The number of alkyl halides is 3. The average molecular weight is 348 g/mol. The van der Waals surface area contributed by atoms with Crippen LogP contribution in [0.4, 0.5) is 23.7 Å². The van der Waals surface area contributed by atoms with Gasteiger partial charge in [0, 0.05) is 5.69 Å². The summed E-state index contributed by atoms with van der Waals surface area (Å²) in [5.41, 5.74) is 1.48. The zero-order chi connectivity index (χ0) is 18.2. The SMILES string of the molecule is CC(C)OCc1cccc(NC(=O)N[C@@H](C)COCC(F)(F)F)c1. The molecule has 136 valence electrons. The van der Waals surface area contributed by atoms with Gasteiger partial charge in [0.05, 0.1) is 25.4 Å². The summed E-state index contributed by atoms with van der Waals surface area (Å²) in [6, 6.07) is 6.07. The first-order chi connectivity index (χ1) is 11.2. The second-order valence-corrected chi connectivity index (χ2v) is 5.69. The lowest BCUT2D eigenvalue weighted by molar-refractivity contribution is -0.174. The van der Waals surface area contributed by atoms with Gasteiger partial charge in [0.2, 0.25) is 0 Å². The fraction of sp³-hybridized carbons (Fsp3) is 0.562. The molecule has 0 fully saturated rings. The van der Waals surface area contributed by atoms with Crippen LogP contribution in [0.2, 0.25) is 0 Å². The van der Waals surface area contributed by atoms with E-state index in [-0.39, 0.29) is 12.7 Å². The molecule has 0 bridgehead atoms. The molecule has 5 nitrogen and oxygen atoms in total. The Morgan fingerprint density at radius 3 is 2.58 bits per heavy atom. The Balaban J connectivity index is 2.40. The third-order valence-electron chi connectivity index (χ3n) is 2.78. The van der Waals surface area contributed by atoms with E-state index >= 15 is 0 Å². The van der Waals surface area contributed by atoms with Crippen LogP contribution in [-0.4, -0.2) is 37.6 Å². The number of hydrogen-bond donors (Lipinski definition) is 2. The number of hydrogen-bond acceptors (Lipinski definition) is 3. The Bertz CT molecular complexity index is 522. The summed E-state index contributed by atoms with van der Waals surface area (Å²) in [5.74, 6) is 0. The van der Waals surface area contributed by atoms with Crippen LogP contribution >= 0.6 is 0 Å². The maximum absolute atomic E-state index is 12.0. The highest BCUT2D eigenvalue weighted by Gasteiger charge is 2.27. The molecule has 0 unspecified atom stereocenters. The summed E-state index contributed by atoms with van der Waals surface area (Å²) >= 11 is 0. The molecular weight excluding hydrogens is 325 g/mol. The quantitative estimate of drug-likeness (QED) is 0.753. The predicted molar refractivity (Wildman–Crippen MR) is 84.9 cm³/mol. The Kier molecular flexibility index (Phi) is 8.00. The molecular formula is C16H23F3N2O3. The van der Waals surface area contributed by atoms with E-state index < -0.39 is 24.9 Å². The smallest absolute Gasteiger partial charge is 0.374 e. The van der Waals surface area contributed by atoms with Crippen LogP contribution in [0.25, 0.3) is 0 Å². The number of halogens is 3. The number of anilines is 1. The van der Waals surface area contributed by atoms with Crippen molar-refractivity contribution in [3.63, 3.8) is 0 Å². The summed E-state index contributed by atoms with van der Waals surface area (Å²) in [4.78, 5) is 11.8. The van der Waals surface area contributed by atoms with Crippen LogP contribution in [-0.2, 0) is 16.1 Å². The van der Waals surface area contributed by atoms with E-state index in [0.29, 0.717) is 12.3 Å². The molecule has 1 rings (SSSR count). The van der Waals surface area contributed by atoms with Gasteiger partial charge in [-0.25, -0.2) is 4.79 Å². The van der Waals surface area contributed by atoms with Gasteiger partial charge in [-0.05, 0) is 38.5 Å². The van der Waals surface area contributed by atoms with Crippen molar-refractivity contribution in [3.8, 4) is 0 Å². The van der Waals surface area contributed by atoms with Crippen LogP contribution < -0.4 is 10.6 Å². The minimum Gasteiger partial charge on any atom is -0.374 e. The van der Waals surface area contributed by atoms with Crippen molar-refractivity contribution in [2.24, 2.45) is 0 Å². The van der Waals surface area contributed by atoms with E-state index in [1.165, 1.54) is 0 Å². The number of benzene rings is 1. The number of urea groups is 1. The van der Waals surface area contributed by atoms with Gasteiger partial charge in [0.1, 0.15) is 6.61 Å². The zero-order valence-electron chi connectivity index (χ0n) is 13.9. The van der Waals surface area contributed by atoms with Gasteiger partial charge in [-0.2, -0.15) is 13.2 Å². The molecule has 0 aliphatic heterocycles. The Morgan fingerprint density at radius 2 is 1.96 bits per heavy atom. The first kappa shape index (κ1) is 20.2. The Hall–Kier alpha value is -1.80. The van der Waals surface area contributed by atoms with Gasteiger partial charge in [-0.15, -0.1) is 0 Å². The number of rotatable bonds is 8. The first-order valence-corrected chi connectivity index (χ1v) is 7.58. The van der Waals surface area contributed by atoms with Gasteiger partial charge in [-0.3, -0.25) is 0 Å². The molecule has 0 aliphatic rings. The summed E-state index contributed by atoms with van der Waals surface area (Å²) in [7, 11) is 0. The van der Waals surface area contributed by atoms with Crippen LogP contribution in [0.3, 0.4) is 0 Å². The van der Waals surface area contributed by atoms with Crippen molar-refractivity contribution in [1.29, 1.82) is 0 Å². The molecule has 0 aromatic heterocycles. The highest BCUT2D eigenvalue weighted by atomic mass is 19.4. The molecule has 0 saturated heterocycles. The molecule has 0 spiro atoms. The number of amides is 2. The molecule has 0 heterocycles. The fourth-order valence-corrected chi connectivity index (χ4v) is 1.79. The molecule has 8 heteroatoms. The van der Waals surface area contributed by atoms with Gasteiger partial charge in [-0.1, -0.05) is 12.1 Å². The lowest BCUT2D eigenvalue weighted by atomic mass is 10.2. The van der Waals surface area contributed by atoms with Crippen LogP contribution in [0.15, 0.2) is 24.3 Å². The minimum absolute atomic E-state index is 0.0995. The number of carbonyl (C=O) groups excluding carboxylic acids is 1. The normalized spacial score (nSPS) is 13.0. The maximum atomic E-state index is 12.0. The molecule has 0 saturated carbocycles. The number of nitrogens with one attached hydrogen (secondary N) is 2. The predicted octanol–water partition coefficient (Wildman–Crippen LogP) is 3.70. The van der Waals surface area contributed by atoms with Crippen LogP contribution in [0, 0.1) is 0 Å². The van der Waals surface area contributed by atoms with Crippen molar-refractivity contribution in [1.82, 2.24) is 5.32 Å². The van der Waals surface area contributed by atoms with Crippen molar-refractivity contribution in [2.45, 2.75) is 45.7 Å². The Morgan fingerprint density at radius 1 is 1.25 bits per heavy atom. The Labute approximate surface area is 139 Å². The molecule has 2 N–H and O–H groups in total. The largest absolute Gasteiger partial charge is 0.411 e. The first-order valence-electron chi connectivity index (χ1n) is 7.58. The van der Waals surface area contributed by atoms with Gasteiger partial charge in [0.15, 0.2) is 0 Å². The third kappa shape index (κ3) is 9.36. The van der Waals surface area contributed by atoms with E-state index in [1.54, 1.807) is 25.1 Å². The van der Waals surface area contributed by atoms with E-state index in [0.717, 1.165) is 5.56 Å². The molecule has 0 radical (unpaired) electrons. The summed E-state index contributed by atoms with van der Waals surface area (Å²) in [6.45, 7) is 4.28. The molecule has 2 amide bonds. The van der Waals surface area contributed by atoms with Crippen LogP contribution in [0.1, 0.15) is 26.3 Å². The van der Waals surface area contributed by atoms with Crippen molar-refractivity contribution in [2.75, 3.05) is 18.5 Å². The third-order valence-corrected chi connectivity index (χ3v) is 2.78. The summed E-state index contributed by atoms with van der Waals surface area (Å²) < 4.78 is 45.9. The highest BCUT2D eigenvalue weighted by Crippen LogP contribution is 2.14. The number of ether oxygens (including phenoxy) is 2. The molecule has 1 atom stereocenters. The second-order valence-electron chi connectivity index (χ2n) is 5.69. The van der Waals surface area contributed by atoms with Crippen molar-refractivity contribution < 1.29 is 27.4 Å². The highest BCUT2D eigenvalue weighted by molar-refractivity contribution is 5.89. The topological polar surface area (TPSA) is 59.6 Å². The average Bonchev–Trinajstić information content (AvgIpc) is 2.43. The lowest BCUT2D eigenvalue weighted by Crippen LogP contribution is -2.39. The standard InChI is InChI=1S/C16H23F3N2O3/c1-11(2)24-9-13-5-4-6-14(7-13)21-15(22)20-12(3)8-23-10-16(17,18)19/h4-7,11-12H,8-10H2,1-3H3,(H2,20,21,22)/t12-/m0/s1. The van der Waals surface area contributed by atoms with E-state index in [2.05, 4.69) is 15.4 Å². The molecule has 24 heavy (non-hydrogen) atoms. The maximum Gasteiger partial charge on any atom is 0.411 e. The van der Waals surface area contributed by atoms with Gasteiger partial charge >= 0.3 is 12.2 Å². The summed E-state index contributed by atoms with van der Waals surface area (Å²) in [6.07, 6.45) is -4.28. The van der Waals surface area contributed by atoms with Crippen molar-refractivity contribution >= 4 is 11.7 Å². The van der Waals surface area contributed by atoms with Crippen LogP contribution in [0.5, 0.6) is 0 Å². The minimum atomic E-state index is -4.37. The lowest BCUT2D eigenvalue weighted by Gasteiger charge is -2.16. The number of carbonyl (C=O) groups is 1. The zero-order valence-corrected chi connectivity index (χ0v) is 13.9. The van der Waals surface area contributed by atoms with E-state index in [9.17, 15) is 18.0 Å². The molecule has 1 aromatic carbocycles. The fourth-order valence-electron chi connectivity index (χ4n) is 1.79. The van der Waals surface area contributed by atoms with E-state index in [1.807, 2.05) is 19.9 Å². The second kappa shape index (κ2) is 9.48.